The average molecular weight is 383 g/mol. The Bertz CT molecular complexity index is 951. The summed E-state index contributed by atoms with van der Waals surface area (Å²) in [6.45, 7) is 3.96. The molecule has 0 spiro atoms. The van der Waals surface area contributed by atoms with Crippen LogP contribution in [0.15, 0.2) is 30.5 Å². The number of rotatable bonds is 6. The van der Waals surface area contributed by atoms with Gasteiger partial charge in [-0.3, -0.25) is 10.1 Å². The van der Waals surface area contributed by atoms with E-state index in [2.05, 4.69) is 28.3 Å². The number of amides is 1. The summed E-state index contributed by atoms with van der Waals surface area (Å²) in [5.74, 6) is -0.151. The lowest BCUT2D eigenvalue weighted by Gasteiger charge is -1.99. The minimum absolute atomic E-state index is 0.151. The number of hydrogen-bond donors (Lipinski definition) is 1. The summed E-state index contributed by atoms with van der Waals surface area (Å²) in [7, 11) is 0. The van der Waals surface area contributed by atoms with Gasteiger partial charge in [-0.15, -0.1) is 22.7 Å². The molecule has 1 amide bonds. The van der Waals surface area contributed by atoms with Crippen LogP contribution in [0.4, 0.5) is 5.13 Å². The molecular formula is C19H18N4OS2. The van der Waals surface area contributed by atoms with Crippen molar-refractivity contribution in [1.82, 2.24) is 9.97 Å². The van der Waals surface area contributed by atoms with Crippen LogP contribution in [-0.2, 0) is 12.8 Å². The molecule has 7 heteroatoms. The summed E-state index contributed by atoms with van der Waals surface area (Å²) in [5.41, 5.74) is 2.52. The summed E-state index contributed by atoms with van der Waals surface area (Å²) in [5, 5.41) is 13.3. The van der Waals surface area contributed by atoms with E-state index in [-0.39, 0.29) is 5.91 Å². The number of thiazole rings is 2. The van der Waals surface area contributed by atoms with Crippen molar-refractivity contribution < 1.29 is 4.79 Å². The zero-order chi connectivity index (χ0) is 18.5. The number of aromatic nitrogens is 2. The van der Waals surface area contributed by atoms with Crippen LogP contribution in [0.5, 0.6) is 0 Å². The van der Waals surface area contributed by atoms with Crippen LogP contribution in [0.2, 0.25) is 0 Å². The first-order valence-electron chi connectivity index (χ1n) is 8.30. The van der Waals surface area contributed by atoms with Gasteiger partial charge in [0.05, 0.1) is 22.3 Å². The minimum Gasteiger partial charge on any atom is -0.297 e. The van der Waals surface area contributed by atoms with Crippen LogP contribution in [-0.4, -0.2) is 15.9 Å². The average Bonchev–Trinajstić information content (AvgIpc) is 3.22. The Morgan fingerprint density at radius 2 is 2.04 bits per heavy atom. The molecule has 0 aliphatic rings. The summed E-state index contributed by atoms with van der Waals surface area (Å²) < 4.78 is 0. The maximum absolute atomic E-state index is 12.5. The van der Waals surface area contributed by atoms with Crippen molar-refractivity contribution in [1.29, 1.82) is 5.26 Å². The minimum atomic E-state index is -0.151. The molecule has 26 heavy (non-hydrogen) atoms. The number of hydrogen-bond acceptors (Lipinski definition) is 6. The highest BCUT2D eigenvalue weighted by Crippen LogP contribution is 2.24. The van der Waals surface area contributed by atoms with Gasteiger partial charge in [-0.25, -0.2) is 9.97 Å². The molecule has 0 fully saturated rings. The van der Waals surface area contributed by atoms with Gasteiger partial charge in [0.15, 0.2) is 5.13 Å². The predicted molar refractivity (Wildman–Crippen MR) is 105 cm³/mol. The topological polar surface area (TPSA) is 78.7 Å². The first-order valence-corrected chi connectivity index (χ1v) is 9.93. The van der Waals surface area contributed by atoms with Gasteiger partial charge >= 0.3 is 0 Å². The highest BCUT2D eigenvalue weighted by molar-refractivity contribution is 7.16. The number of anilines is 1. The maximum atomic E-state index is 12.5. The van der Waals surface area contributed by atoms with Crippen molar-refractivity contribution in [3.05, 3.63) is 62.0 Å². The molecule has 0 radical (unpaired) electrons. The second kappa shape index (κ2) is 8.21. The van der Waals surface area contributed by atoms with Crippen LogP contribution in [0, 0.1) is 18.3 Å². The zero-order valence-corrected chi connectivity index (χ0v) is 16.2. The molecule has 1 aromatic carbocycles. The Morgan fingerprint density at radius 3 is 2.73 bits per heavy atom. The summed E-state index contributed by atoms with van der Waals surface area (Å²) in [6.07, 6.45) is 4.41. The lowest BCUT2D eigenvalue weighted by Crippen LogP contribution is -2.11. The maximum Gasteiger partial charge on any atom is 0.269 e. The fourth-order valence-corrected chi connectivity index (χ4v) is 4.39. The molecule has 0 saturated heterocycles. The zero-order valence-electron chi connectivity index (χ0n) is 14.6. The fourth-order valence-electron chi connectivity index (χ4n) is 2.48. The van der Waals surface area contributed by atoms with Gasteiger partial charge in [0, 0.05) is 17.5 Å². The van der Waals surface area contributed by atoms with Gasteiger partial charge in [0.1, 0.15) is 4.88 Å². The summed E-state index contributed by atoms with van der Waals surface area (Å²) in [6, 6.07) is 9.60. The normalized spacial score (nSPS) is 10.5. The third kappa shape index (κ3) is 4.34. The third-order valence-corrected chi connectivity index (χ3v) is 5.88. The SMILES string of the molecule is CCCc1nc(C)c(C(=O)Nc2ncc(Cc3ccc(C#N)cc3)s2)s1. The molecule has 5 nitrogen and oxygen atoms in total. The Labute approximate surface area is 160 Å². The van der Waals surface area contributed by atoms with Gasteiger partial charge in [0.25, 0.3) is 5.91 Å². The molecule has 0 bridgehead atoms. The molecule has 132 valence electrons. The van der Waals surface area contributed by atoms with Crippen LogP contribution in [0.1, 0.15) is 49.7 Å². The number of nitrogens with zero attached hydrogens (tertiary/aromatic N) is 3. The highest BCUT2D eigenvalue weighted by Gasteiger charge is 2.16. The molecule has 0 aliphatic carbocycles. The van der Waals surface area contributed by atoms with Crippen LogP contribution in [0.3, 0.4) is 0 Å². The van der Waals surface area contributed by atoms with Crippen molar-refractivity contribution in [2.45, 2.75) is 33.1 Å². The third-order valence-electron chi connectivity index (χ3n) is 3.75. The Hall–Kier alpha value is -2.56. The summed E-state index contributed by atoms with van der Waals surface area (Å²) >= 11 is 2.91. The van der Waals surface area contributed by atoms with E-state index in [9.17, 15) is 4.79 Å². The van der Waals surface area contributed by atoms with Crippen molar-refractivity contribution in [3.63, 3.8) is 0 Å². The van der Waals surface area contributed by atoms with Gasteiger partial charge in [0.2, 0.25) is 0 Å². The standard InChI is InChI=1S/C19H18N4OS2/c1-3-4-16-22-12(2)17(26-16)18(24)23-19-21-11-15(25-19)9-13-5-7-14(10-20)8-6-13/h5-8,11H,3-4,9H2,1-2H3,(H,21,23,24). The van der Waals surface area contributed by atoms with Crippen LogP contribution < -0.4 is 5.32 Å². The number of nitriles is 1. The molecule has 3 rings (SSSR count). The number of carbonyl (C=O) groups excluding carboxylic acids is 1. The van der Waals surface area contributed by atoms with Gasteiger partial charge in [-0.1, -0.05) is 19.1 Å². The molecular weight excluding hydrogens is 364 g/mol. The summed E-state index contributed by atoms with van der Waals surface area (Å²) in [4.78, 5) is 22.9. The van der Waals surface area contributed by atoms with E-state index >= 15 is 0 Å². The van der Waals surface area contributed by atoms with Crippen LogP contribution >= 0.6 is 22.7 Å². The number of aryl methyl sites for hydroxylation is 2. The van der Waals surface area contributed by atoms with E-state index in [1.165, 1.54) is 22.7 Å². The van der Waals surface area contributed by atoms with Gasteiger partial charge in [-0.2, -0.15) is 5.26 Å². The highest BCUT2D eigenvalue weighted by atomic mass is 32.1. The first-order chi connectivity index (χ1) is 12.6. The van der Waals surface area contributed by atoms with E-state index in [4.69, 9.17) is 5.26 Å². The Kier molecular flexibility index (Phi) is 5.76. The van der Waals surface area contributed by atoms with E-state index in [1.54, 1.807) is 18.3 Å². The Balaban J connectivity index is 1.66. The van der Waals surface area contributed by atoms with Gasteiger partial charge in [-0.05, 0) is 37.5 Å². The van der Waals surface area contributed by atoms with Crippen molar-refractivity contribution in [2.75, 3.05) is 5.32 Å². The second-order valence-electron chi connectivity index (χ2n) is 5.84. The number of carbonyl (C=O) groups is 1. The molecule has 0 aliphatic heterocycles. The predicted octanol–water partition coefficient (Wildman–Crippen LogP) is 4.58. The second-order valence-corrected chi connectivity index (χ2v) is 8.04. The smallest absolute Gasteiger partial charge is 0.269 e. The van der Waals surface area contributed by atoms with Crippen LogP contribution in [0.25, 0.3) is 0 Å². The van der Waals surface area contributed by atoms with E-state index in [0.717, 1.165) is 40.4 Å². The lowest BCUT2D eigenvalue weighted by atomic mass is 10.1. The Morgan fingerprint density at radius 1 is 1.27 bits per heavy atom. The monoisotopic (exact) mass is 382 g/mol. The fraction of sp³-hybridized carbons (Fsp3) is 0.263. The molecule has 1 N–H and O–H groups in total. The molecule has 2 heterocycles. The van der Waals surface area contributed by atoms with E-state index in [1.807, 2.05) is 19.1 Å². The lowest BCUT2D eigenvalue weighted by molar-refractivity contribution is 0.103. The molecule has 2 aromatic heterocycles. The van der Waals surface area contributed by atoms with E-state index in [0.29, 0.717) is 15.6 Å². The van der Waals surface area contributed by atoms with Crippen molar-refractivity contribution >= 4 is 33.7 Å². The number of benzene rings is 1. The van der Waals surface area contributed by atoms with Crippen molar-refractivity contribution in [2.24, 2.45) is 0 Å². The molecule has 0 unspecified atom stereocenters. The number of nitrogens with one attached hydrogen (secondary N) is 1. The van der Waals surface area contributed by atoms with Gasteiger partial charge < -0.3 is 0 Å². The first kappa shape index (κ1) is 18.2. The van der Waals surface area contributed by atoms with E-state index < -0.39 is 0 Å². The molecule has 3 aromatic rings. The molecule has 0 atom stereocenters. The quantitative estimate of drug-likeness (QED) is 0.677. The van der Waals surface area contributed by atoms with Crippen molar-refractivity contribution in [3.8, 4) is 6.07 Å². The largest absolute Gasteiger partial charge is 0.297 e. The molecule has 0 saturated carbocycles.